The zero-order chi connectivity index (χ0) is 32.2. The van der Waals surface area contributed by atoms with Crippen LogP contribution in [-0.4, -0.2) is 9.55 Å². The highest BCUT2D eigenvalue weighted by molar-refractivity contribution is 6.22. The molecule has 0 amide bonds. The minimum absolute atomic E-state index is 0.638. The average molecular weight is 612 g/mol. The maximum Gasteiger partial charge on any atom is 0.0998 e. The van der Waals surface area contributed by atoms with Crippen LogP contribution in [0.15, 0.2) is 158 Å². The van der Waals surface area contributed by atoms with Crippen LogP contribution in [0.25, 0.3) is 82.4 Å². The van der Waals surface area contributed by atoms with Gasteiger partial charge in [-0.05, 0) is 75.0 Å². The van der Waals surface area contributed by atoms with E-state index in [-0.39, 0.29) is 0 Å². The minimum Gasteiger partial charge on any atom is -0.307 e. The normalized spacial score (nSPS) is 11.4. The molecular formula is C45H29N3. The number of benzene rings is 7. The molecule has 2 aromatic heterocycles. The number of fused-ring (bicyclic) bond motifs is 5. The molecule has 0 bridgehead atoms. The Balaban J connectivity index is 1.40. The molecule has 0 aliphatic heterocycles. The van der Waals surface area contributed by atoms with Crippen molar-refractivity contribution in [1.82, 2.24) is 9.55 Å². The van der Waals surface area contributed by atoms with Crippen molar-refractivity contribution in [3.05, 3.63) is 169 Å². The van der Waals surface area contributed by atoms with E-state index < -0.39 is 0 Å². The number of aromatic nitrogens is 2. The first kappa shape index (κ1) is 27.8. The van der Waals surface area contributed by atoms with Gasteiger partial charge in [-0.1, -0.05) is 127 Å². The van der Waals surface area contributed by atoms with Crippen molar-refractivity contribution in [2.75, 3.05) is 0 Å². The van der Waals surface area contributed by atoms with Crippen molar-refractivity contribution in [3.8, 4) is 45.1 Å². The molecule has 0 saturated carbocycles. The van der Waals surface area contributed by atoms with Gasteiger partial charge in [-0.15, -0.1) is 0 Å². The summed E-state index contributed by atoms with van der Waals surface area (Å²) in [5.74, 6) is 0. The Hall–Kier alpha value is -6.50. The number of nitriles is 1. The van der Waals surface area contributed by atoms with Crippen molar-refractivity contribution in [3.63, 3.8) is 0 Å². The zero-order valence-electron chi connectivity index (χ0n) is 26.4. The summed E-state index contributed by atoms with van der Waals surface area (Å²) in [6.45, 7) is 2.13. The van der Waals surface area contributed by atoms with Crippen LogP contribution in [0.1, 0.15) is 11.1 Å². The molecule has 0 radical (unpaired) electrons. The van der Waals surface area contributed by atoms with Gasteiger partial charge in [-0.25, -0.2) is 0 Å². The molecule has 3 nitrogen and oxygen atoms in total. The van der Waals surface area contributed by atoms with Crippen molar-refractivity contribution in [2.45, 2.75) is 6.92 Å². The number of hydrogen-bond acceptors (Lipinski definition) is 2. The van der Waals surface area contributed by atoms with E-state index in [1.54, 1.807) is 0 Å². The summed E-state index contributed by atoms with van der Waals surface area (Å²) in [6.07, 6.45) is 3.81. The molecule has 0 saturated heterocycles. The highest BCUT2D eigenvalue weighted by Crippen LogP contribution is 2.45. The summed E-state index contributed by atoms with van der Waals surface area (Å²) in [6, 6.07) is 53.9. The maximum atomic E-state index is 10.6. The SMILES string of the molecule is Cc1cccc(-c2cccc3c4ccncc4n(-c4ccc(C#N)c(-c5c6ccccc6c(-c6ccccc6)c6ccccc56)c4)c23)c1. The van der Waals surface area contributed by atoms with Crippen molar-refractivity contribution >= 4 is 43.4 Å². The first-order valence-corrected chi connectivity index (χ1v) is 16.2. The Bertz CT molecular complexity index is 2690. The number of hydrogen-bond donors (Lipinski definition) is 0. The molecule has 3 heteroatoms. The lowest BCUT2D eigenvalue weighted by Gasteiger charge is -2.19. The van der Waals surface area contributed by atoms with Gasteiger partial charge >= 0.3 is 0 Å². The molecule has 9 aromatic rings. The van der Waals surface area contributed by atoms with Gasteiger partial charge in [-0.2, -0.15) is 5.26 Å². The number of nitrogens with zero attached hydrogens (tertiary/aromatic N) is 3. The van der Waals surface area contributed by atoms with Crippen LogP contribution in [0.2, 0.25) is 0 Å². The Kier molecular flexibility index (Phi) is 6.42. The number of rotatable bonds is 4. The van der Waals surface area contributed by atoms with E-state index >= 15 is 0 Å². The number of aryl methyl sites for hydroxylation is 1. The van der Waals surface area contributed by atoms with Gasteiger partial charge in [0.05, 0.1) is 28.9 Å². The van der Waals surface area contributed by atoms with Crippen molar-refractivity contribution in [2.24, 2.45) is 0 Å². The van der Waals surface area contributed by atoms with E-state index in [9.17, 15) is 5.26 Å². The fourth-order valence-electron chi connectivity index (χ4n) is 7.54. The first-order chi connectivity index (χ1) is 23.7. The summed E-state index contributed by atoms with van der Waals surface area (Å²) in [7, 11) is 0. The van der Waals surface area contributed by atoms with E-state index in [4.69, 9.17) is 0 Å². The molecular weight excluding hydrogens is 583 g/mol. The quantitative estimate of drug-likeness (QED) is 0.186. The maximum absolute atomic E-state index is 10.6. The second kappa shape index (κ2) is 11.1. The second-order valence-electron chi connectivity index (χ2n) is 12.3. The highest BCUT2D eigenvalue weighted by atomic mass is 15.0. The van der Waals surface area contributed by atoms with Gasteiger partial charge in [0.2, 0.25) is 0 Å². The molecule has 0 spiro atoms. The first-order valence-electron chi connectivity index (χ1n) is 16.2. The molecule has 0 aliphatic rings. The van der Waals surface area contributed by atoms with Gasteiger partial charge in [-0.3, -0.25) is 4.98 Å². The van der Waals surface area contributed by atoms with Gasteiger partial charge in [0.1, 0.15) is 0 Å². The standard InChI is InChI=1S/C45H29N3/c1-29-11-9-14-31(25-29)34-19-10-20-40-35-23-24-47-28-42(35)48(45(34)40)33-22-21-32(27-46)41(26-33)44-38-17-7-5-15-36(38)43(30-12-3-2-4-13-30)37-16-6-8-18-39(37)44/h2-26,28H,1H3. The number of para-hydroxylation sites is 1. The van der Waals surface area contributed by atoms with Crippen LogP contribution in [0.5, 0.6) is 0 Å². The topological polar surface area (TPSA) is 41.6 Å². The highest BCUT2D eigenvalue weighted by Gasteiger charge is 2.21. The predicted molar refractivity (Wildman–Crippen MR) is 199 cm³/mol. The Morgan fingerprint density at radius 2 is 1.19 bits per heavy atom. The monoisotopic (exact) mass is 611 g/mol. The third kappa shape index (κ3) is 4.24. The van der Waals surface area contributed by atoms with Gasteiger partial charge in [0, 0.05) is 33.8 Å². The van der Waals surface area contributed by atoms with E-state index in [1.165, 1.54) is 27.6 Å². The van der Waals surface area contributed by atoms with Crippen molar-refractivity contribution in [1.29, 1.82) is 5.26 Å². The Morgan fingerprint density at radius 3 is 1.90 bits per heavy atom. The van der Waals surface area contributed by atoms with Gasteiger partial charge in [0.15, 0.2) is 0 Å². The van der Waals surface area contributed by atoms with Crippen LogP contribution in [0.4, 0.5) is 0 Å². The lowest BCUT2D eigenvalue weighted by molar-refractivity contribution is 1.16. The zero-order valence-corrected chi connectivity index (χ0v) is 26.4. The predicted octanol–water partition coefficient (Wildman–Crippen LogP) is 11.7. The molecule has 48 heavy (non-hydrogen) atoms. The van der Waals surface area contributed by atoms with E-state index in [2.05, 4.69) is 162 Å². The summed E-state index contributed by atoms with van der Waals surface area (Å²) >= 11 is 0. The average Bonchev–Trinajstić information content (AvgIpc) is 3.48. The van der Waals surface area contributed by atoms with Gasteiger partial charge < -0.3 is 4.57 Å². The lowest BCUT2D eigenvalue weighted by atomic mass is 9.85. The van der Waals surface area contributed by atoms with E-state index in [1.807, 2.05) is 18.5 Å². The number of pyridine rings is 1. The Labute approximate surface area is 278 Å². The smallest absolute Gasteiger partial charge is 0.0998 e. The molecule has 9 rings (SSSR count). The molecule has 0 N–H and O–H groups in total. The van der Waals surface area contributed by atoms with Crippen LogP contribution < -0.4 is 0 Å². The van der Waals surface area contributed by atoms with Gasteiger partial charge in [0.25, 0.3) is 0 Å². The van der Waals surface area contributed by atoms with E-state index in [0.717, 1.165) is 60.3 Å². The molecule has 0 fully saturated rings. The molecule has 0 unspecified atom stereocenters. The molecule has 2 heterocycles. The van der Waals surface area contributed by atoms with Crippen LogP contribution in [0, 0.1) is 18.3 Å². The fourth-order valence-corrected chi connectivity index (χ4v) is 7.54. The summed E-state index contributed by atoms with van der Waals surface area (Å²) in [5, 5.41) is 17.4. The second-order valence-corrected chi connectivity index (χ2v) is 12.3. The third-order valence-electron chi connectivity index (χ3n) is 9.56. The largest absolute Gasteiger partial charge is 0.307 e. The summed E-state index contributed by atoms with van der Waals surface area (Å²) < 4.78 is 2.32. The summed E-state index contributed by atoms with van der Waals surface area (Å²) in [4.78, 5) is 4.57. The lowest BCUT2D eigenvalue weighted by Crippen LogP contribution is -1.99. The third-order valence-corrected chi connectivity index (χ3v) is 9.56. The Morgan fingerprint density at radius 1 is 0.542 bits per heavy atom. The molecule has 7 aromatic carbocycles. The van der Waals surface area contributed by atoms with Crippen LogP contribution in [0.3, 0.4) is 0 Å². The van der Waals surface area contributed by atoms with Crippen LogP contribution in [-0.2, 0) is 0 Å². The van der Waals surface area contributed by atoms with Crippen LogP contribution >= 0.6 is 0 Å². The summed E-state index contributed by atoms with van der Waals surface area (Å²) in [5.41, 5.74) is 11.7. The fraction of sp³-hybridized carbons (Fsp3) is 0.0222. The molecule has 0 aliphatic carbocycles. The van der Waals surface area contributed by atoms with Crippen molar-refractivity contribution < 1.29 is 0 Å². The van der Waals surface area contributed by atoms with E-state index in [0.29, 0.717) is 5.56 Å². The molecule has 224 valence electrons. The minimum atomic E-state index is 0.638. The molecule has 0 atom stereocenters.